The number of hydrogen-bond acceptors (Lipinski definition) is 6. The van der Waals surface area contributed by atoms with Crippen LogP contribution in [-0.4, -0.2) is 49.9 Å². The fourth-order valence-corrected chi connectivity index (χ4v) is 5.21. The maximum absolute atomic E-state index is 12.7. The first-order chi connectivity index (χ1) is 14.0. The van der Waals surface area contributed by atoms with Gasteiger partial charge in [-0.05, 0) is 25.0 Å². The van der Waals surface area contributed by atoms with E-state index in [1.165, 1.54) is 15.6 Å². The Labute approximate surface area is 177 Å². The molecule has 2 aromatic rings. The Hall–Kier alpha value is -1.81. The lowest BCUT2D eigenvalue weighted by atomic mass is 9.85. The van der Waals surface area contributed by atoms with E-state index in [9.17, 15) is 13.2 Å². The van der Waals surface area contributed by atoms with Crippen LogP contribution in [0.1, 0.15) is 34.5 Å². The number of benzene rings is 1. The van der Waals surface area contributed by atoms with Gasteiger partial charge in [0.05, 0.1) is 23.8 Å². The summed E-state index contributed by atoms with van der Waals surface area (Å²) in [4.78, 5) is 16.7. The van der Waals surface area contributed by atoms with Crippen LogP contribution in [0.15, 0.2) is 34.5 Å². The van der Waals surface area contributed by atoms with Gasteiger partial charge in [-0.3, -0.25) is 4.79 Å². The molecule has 1 aromatic heterocycles. The summed E-state index contributed by atoms with van der Waals surface area (Å²) in [5, 5.41) is 5.31. The van der Waals surface area contributed by atoms with Gasteiger partial charge in [0.25, 0.3) is 0 Å². The molecule has 2 aliphatic rings. The zero-order valence-electron chi connectivity index (χ0n) is 16.8. The molecule has 160 valence electrons. The molecule has 1 aliphatic heterocycles. The van der Waals surface area contributed by atoms with Crippen LogP contribution >= 0.6 is 11.3 Å². The maximum Gasteiger partial charge on any atom is 0.243 e. The summed E-state index contributed by atoms with van der Waals surface area (Å²) in [5.41, 5.74) is 1.54. The molecule has 1 N–H and O–H groups in total. The number of nitrogens with zero attached hydrogens (tertiary/aromatic N) is 2. The van der Waals surface area contributed by atoms with Gasteiger partial charge in [0.15, 0.2) is 5.13 Å². The van der Waals surface area contributed by atoms with Gasteiger partial charge in [-0.1, -0.05) is 32.4 Å². The molecule has 1 aromatic carbocycles. The van der Waals surface area contributed by atoms with Gasteiger partial charge in [-0.15, -0.1) is 11.3 Å². The number of aromatic nitrogens is 1. The van der Waals surface area contributed by atoms with Crippen molar-refractivity contribution in [3.05, 3.63) is 29.6 Å². The second-order valence-electron chi connectivity index (χ2n) is 6.70. The number of nitrogens with one attached hydrogen (secondary N) is 1. The molecule has 0 spiro atoms. The van der Waals surface area contributed by atoms with Crippen molar-refractivity contribution in [2.45, 2.75) is 38.0 Å². The second kappa shape index (κ2) is 9.80. The van der Waals surface area contributed by atoms with E-state index in [1.807, 2.05) is 19.2 Å². The predicted molar refractivity (Wildman–Crippen MR) is 117 cm³/mol. The van der Waals surface area contributed by atoms with E-state index in [4.69, 9.17) is 4.74 Å². The minimum absolute atomic E-state index is 0. The van der Waals surface area contributed by atoms with E-state index in [0.717, 1.165) is 30.5 Å². The quantitative estimate of drug-likeness (QED) is 0.765. The average Bonchev–Trinajstić information content (AvgIpc) is 3.17. The van der Waals surface area contributed by atoms with Gasteiger partial charge in [-0.25, -0.2) is 13.4 Å². The van der Waals surface area contributed by atoms with Crippen molar-refractivity contribution in [1.82, 2.24) is 9.29 Å². The van der Waals surface area contributed by atoms with Crippen LogP contribution in [0.3, 0.4) is 0 Å². The highest BCUT2D eigenvalue weighted by atomic mass is 32.2. The van der Waals surface area contributed by atoms with Crippen molar-refractivity contribution in [3.8, 4) is 11.3 Å². The first kappa shape index (κ1) is 21.9. The van der Waals surface area contributed by atoms with Gasteiger partial charge < -0.3 is 10.1 Å². The monoisotopic (exact) mass is 439 g/mol. The van der Waals surface area contributed by atoms with Crippen molar-refractivity contribution >= 4 is 32.4 Å². The summed E-state index contributed by atoms with van der Waals surface area (Å²) in [6.07, 6.45) is 3.01. The highest BCUT2D eigenvalue weighted by Gasteiger charge is 2.27. The largest absolute Gasteiger partial charge is 0.379 e. The van der Waals surface area contributed by atoms with E-state index in [1.54, 1.807) is 24.3 Å². The van der Waals surface area contributed by atoms with Crippen molar-refractivity contribution in [2.75, 3.05) is 31.6 Å². The topological polar surface area (TPSA) is 88.6 Å². The Balaban J connectivity index is 0.00000104. The molecule has 7 nitrogen and oxygen atoms in total. The number of ether oxygens (including phenoxy) is 1. The lowest BCUT2D eigenvalue weighted by molar-refractivity contribution is -0.122. The first-order valence-electron chi connectivity index (χ1n) is 9.99. The molecule has 1 aliphatic carbocycles. The third kappa shape index (κ3) is 5.03. The van der Waals surface area contributed by atoms with Crippen molar-refractivity contribution in [2.24, 2.45) is 5.92 Å². The molecular weight excluding hydrogens is 410 g/mol. The lowest BCUT2D eigenvalue weighted by Gasteiger charge is -2.26. The summed E-state index contributed by atoms with van der Waals surface area (Å²) >= 11 is 1.37. The number of hydrogen-bond donors (Lipinski definition) is 1. The standard InChI is InChI=1S/C18H21N3O4S2.C2H6.H2/c22-17(14-2-1-3-14)20-18-19-16(12-26-18)13-4-6-15(7-5-13)27(23,24)21-8-10-25-11-9-21;1-2;/h4-7,12,14H,1-3,8-11H2,(H,19,20,22);1-2H3;1H. The molecule has 0 bridgehead atoms. The van der Waals surface area contributed by atoms with Crippen molar-refractivity contribution < 1.29 is 19.4 Å². The molecule has 9 heteroatoms. The first-order valence-corrected chi connectivity index (χ1v) is 12.3. The van der Waals surface area contributed by atoms with Crippen LogP contribution in [0.2, 0.25) is 0 Å². The third-order valence-electron chi connectivity index (χ3n) is 4.97. The zero-order valence-corrected chi connectivity index (χ0v) is 18.4. The number of anilines is 1. The number of thiazole rings is 1. The molecule has 4 rings (SSSR count). The Bertz CT molecular complexity index is 922. The zero-order chi connectivity index (χ0) is 20.9. The molecular formula is C20H29N3O4S2. The molecule has 0 unspecified atom stereocenters. The lowest BCUT2D eigenvalue weighted by Crippen LogP contribution is -2.40. The number of carbonyl (C=O) groups excluding carboxylic acids is 1. The highest BCUT2D eigenvalue weighted by molar-refractivity contribution is 7.89. The van der Waals surface area contributed by atoms with E-state index < -0.39 is 10.0 Å². The van der Waals surface area contributed by atoms with Crippen LogP contribution in [0, 0.1) is 5.92 Å². The van der Waals surface area contributed by atoms with E-state index in [0.29, 0.717) is 31.4 Å². The molecule has 1 saturated heterocycles. The van der Waals surface area contributed by atoms with Crippen molar-refractivity contribution in [3.63, 3.8) is 0 Å². The molecule has 29 heavy (non-hydrogen) atoms. The Morgan fingerprint density at radius 1 is 1.21 bits per heavy atom. The predicted octanol–water partition coefficient (Wildman–Crippen LogP) is 3.84. The fraction of sp³-hybridized carbons (Fsp3) is 0.500. The van der Waals surface area contributed by atoms with Crippen LogP contribution in [-0.2, 0) is 19.6 Å². The Morgan fingerprint density at radius 3 is 2.45 bits per heavy atom. The second-order valence-corrected chi connectivity index (χ2v) is 9.49. The van der Waals surface area contributed by atoms with Crippen LogP contribution < -0.4 is 5.32 Å². The normalized spacial score (nSPS) is 17.7. The summed E-state index contributed by atoms with van der Waals surface area (Å²) in [6.45, 7) is 5.59. The number of sulfonamides is 1. The number of carbonyl (C=O) groups is 1. The molecule has 1 amide bonds. The van der Waals surface area contributed by atoms with E-state index in [2.05, 4.69) is 10.3 Å². The minimum atomic E-state index is -3.50. The highest BCUT2D eigenvalue weighted by Crippen LogP contribution is 2.30. The molecule has 1 saturated carbocycles. The fourth-order valence-electron chi connectivity index (χ4n) is 3.08. The van der Waals surface area contributed by atoms with E-state index >= 15 is 0 Å². The summed E-state index contributed by atoms with van der Waals surface area (Å²) < 4.78 is 32.0. The molecule has 0 atom stereocenters. The third-order valence-corrected chi connectivity index (χ3v) is 7.64. The number of amides is 1. The molecule has 0 radical (unpaired) electrons. The maximum atomic E-state index is 12.7. The average molecular weight is 440 g/mol. The summed E-state index contributed by atoms with van der Waals surface area (Å²) in [5.74, 6) is 0.149. The minimum Gasteiger partial charge on any atom is -0.379 e. The SMILES string of the molecule is CC.O=C(Nc1nc(-c2ccc(S(=O)(=O)N3CCOCC3)cc2)cs1)C1CCC1.[HH]. The summed E-state index contributed by atoms with van der Waals surface area (Å²) in [7, 11) is -3.50. The van der Waals surface area contributed by atoms with Crippen molar-refractivity contribution in [1.29, 1.82) is 0 Å². The molecule has 2 fully saturated rings. The van der Waals surface area contributed by atoms with Crippen LogP contribution in [0.4, 0.5) is 5.13 Å². The van der Waals surface area contributed by atoms with Crippen LogP contribution in [0.5, 0.6) is 0 Å². The Morgan fingerprint density at radius 2 is 1.86 bits per heavy atom. The van der Waals surface area contributed by atoms with Gasteiger partial charge in [0.2, 0.25) is 15.9 Å². The van der Waals surface area contributed by atoms with Gasteiger partial charge in [0, 0.05) is 31.4 Å². The summed E-state index contributed by atoms with van der Waals surface area (Å²) in [6, 6.07) is 6.71. The van der Waals surface area contributed by atoms with Gasteiger partial charge in [0.1, 0.15) is 0 Å². The van der Waals surface area contributed by atoms with Gasteiger partial charge in [-0.2, -0.15) is 4.31 Å². The van der Waals surface area contributed by atoms with Gasteiger partial charge >= 0.3 is 0 Å². The van der Waals surface area contributed by atoms with Crippen LogP contribution in [0.25, 0.3) is 11.3 Å². The molecule has 2 heterocycles. The van der Waals surface area contributed by atoms with E-state index in [-0.39, 0.29) is 18.1 Å². The Kier molecular flexibility index (Phi) is 7.39. The number of morpholine rings is 1. The smallest absolute Gasteiger partial charge is 0.243 e. The number of rotatable bonds is 5.